The minimum Gasteiger partial charge on any atom is -0.465 e. The van der Waals surface area contributed by atoms with Gasteiger partial charge in [0.05, 0.1) is 5.25 Å². The number of rotatable bonds is 6. The van der Waals surface area contributed by atoms with Crippen LogP contribution in [0.1, 0.15) is 37.0 Å². The fraction of sp³-hybridized carbons (Fsp3) is 0.538. The molecule has 2 heterocycles. The number of nitrogens with one attached hydrogen (secondary N) is 1. The maximum atomic E-state index is 11.6. The maximum Gasteiger partial charge on any atom is 0.343 e. The van der Waals surface area contributed by atoms with E-state index in [-0.39, 0.29) is 17.0 Å². The molecule has 0 aliphatic carbocycles. The highest BCUT2D eigenvalue weighted by Crippen LogP contribution is 2.37. The number of nitrogens with two attached hydrogens (primary N) is 1. The van der Waals surface area contributed by atoms with Gasteiger partial charge in [0.1, 0.15) is 11.5 Å². The summed E-state index contributed by atoms with van der Waals surface area (Å²) < 4.78 is 7.29. The number of aryl methyl sites for hydroxylation is 1. The average molecular weight is 296 g/mol. The molecule has 2 atom stereocenters. The van der Waals surface area contributed by atoms with E-state index in [2.05, 4.69) is 10.2 Å². The van der Waals surface area contributed by atoms with Crippen LogP contribution < -0.4 is 11.4 Å². The van der Waals surface area contributed by atoms with E-state index >= 15 is 0 Å². The first kappa shape index (κ1) is 14.9. The van der Waals surface area contributed by atoms with Gasteiger partial charge in [0, 0.05) is 12.6 Å². The molecule has 0 radical (unpaired) electrons. The molecule has 110 valence electrons. The Kier molecular flexibility index (Phi) is 4.72. The van der Waals surface area contributed by atoms with Crippen molar-refractivity contribution in [1.29, 1.82) is 0 Å². The summed E-state index contributed by atoms with van der Waals surface area (Å²) in [6.07, 6.45) is 0.818. The highest BCUT2D eigenvalue weighted by Gasteiger charge is 2.25. The van der Waals surface area contributed by atoms with Gasteiger partial charge in [-0.05, 0) is 32.4 Å². The van der Waals surface area contributed by atoms with Gasteiger partial charge in [-0.3, -0.25) is 4.57 Å². The standard InChI is InChI=1S/C13H20N4O2S/c1-4-9(14)11(10-7-6-8(3)19-10)20-13-16-15-12(18)17(13)5-2/h6-7,9,11H,4-5,14H2,1-3H3,(H,15,18). The lowest BCUT2D eigenvalue weighted by Crippen LogP contribution is -2.26. The van der Waals surface area contributed by atoms with E-state index in [9.17, 15) is 4.79 Å². The van der Waals surface area contributed by atoms with Crippen LogP contribution in [0.2, 0.25) is 0 Å². The summed E-state index contributed by atoms with van der Waals surface area (Å²) in [5, 5.41) is 7.12. The fourth-order valence-corrected chi connectivity index (χ4v) is 3.24. The zero-order valence-electron chi connectivity index (χ0n) is 11.9. The van der Waals surface area contributed by atoms with Crippen LogP contribution in [0.4, 0.5) is 0 Å². The van der Waals surface area contributed by atoms with Gasteiger partial charge >= 0.3 is 5.69 Å². The second-order valence-electron chi connectivity index (χ2n) is 4.61. The van der Waals surface area contributed by atoms with Crippen LogP contribution in [0.25, 0.3) is 0 Å². The minimum absolute atomic E-state index is 0.0609. The van der Waals surface area contributed by atoms with Crippen LogP contribution in [-0.2, 0) is 6.54 Å². The van der Waals surface area contributed by atoms with Crippen LogP contribution in [-0.4, -0.2) is 20.8 Å². The third-order valence-corrected chi connectivity index (χ3v) is 4.53. The maximum absolute atomic E-state index is 11.6. The number of thioether (sulfide) groups is 1. The first-order chi connectivity index (χ1) is 9.56. The lowest BCUT2D eigenvalue weighted by Gasteiger charge is -2.19. The third-order valence-electron chi connectivity index (χ3n) is 3.17. The van der Waals surface area contributed by atoms with E-state index < -0.39 is 0 Å². The van der Waals surface area contributed by atoms with Gasteiger partial charge in [-0.1, -0.05) is 18.7 Å². The Hall–Kier alpha value is -1.47. The average Bonchev–Trinajstić information content (AvgIpc) is 3.01. The molecule has 0 bridgehead atoms. The SMILES string of the molecule is CCC(N)C(Sc1n[nH]c(=O)n1CC)c1ccc(C)o1. The van der Waals surface area contributed by atoms with Gasteiger partial charge in [0.2, 0.25) is 0 Å². The van der Waals surface area contributed by atoms with Crippen molar-refractivity contribution in [2.45, 2.75) is 50.2 Å². The Balaban J connectivity index is 2.30. The van der Waals surface area contributed by atoms with Gasteiger partial charge in [0.25, 0.3) is 0 Å². The van der Waals surface area contributed by atoms with Crippen molar-refractivity contribution in [2.24, 2.45) is 5.73 Å². The Morgan fingerprint density at radius 3 is 2.80 bits per heavy atom. The van der Waals surface area contributed by atoms with Gasteiger partial charge in [-0.15, -0.1) is 5.10 Å². The van der Waals surface area contributed by atoms with Crippen LogP contribution in [0, 0.1) is 6.92 Å². The highest BCUT2D eigenvalue weighted by atomic mass is 32.2. The summed E-state index contributed by atoms with van der Waals surface area (Å²) in [7, 11) is 0. The smallest absolute Gasteiger partial charge is 0.343 e. The first-order valence-electron chi connectivity index (χ1n) is 6.70. The molecule has 2 rings (SSSR count). The van der Waals surface area contributed by atoms with Crippen LogP contribution in [0.15, 0.2) is 26.5 Å². The quantitative estimate of drug-likeness (QED) is 0.796. The number of furan rings is 1. The Labute approximate surface area is 121 Å². The predicted molar refractivity (Wildman–Crippen MR) is 78.8 cm³/mol. The molecule has 0 spiro atoms. The lowest BCUT2D eigenvalue weighted by atomic mass is 10.1. The largest absolute Gasteiger partial charge is 0.465 e. The van der Waals surface area contributed by atoms with E-state index in [1.807, 2.05) is 32.9 Å². The lowest BCUT2D eigenvalue weighted by molar-refractivity contribution is 0.454. The Bertz CT molecular complexity index is 616. The number of hydrogen-bond donors (Lipinski definition) is 2. The van der Waals surface area contributed by atoms with Gasteiger partial charge in [-0.2, -0.15) is 0 Å². The third kappa shape index (κ3) is 2.99. The van der Waals surface area contributed by atoms with Crippen molar-refractivity contribution in [2.75, 3.05) is 0 Å². The molecule has 2 unspecified atom stereocenters. The van der Waals surface area contributed by atoms with Crippen molar-refractivity contribution in [3.63, 3.8) is 0 Å². The van der Waals surface area contributed by atoms with E-state index in [1.165, 1.54) is 11.8 Å². The predicted octanol–water partition coefficient (Wildman–Crippen LogP) is 2.06. The molecule has 2 aromatic heterocycles. The molecule has 3 N–H and O–H groups in total. The van der Waals surface area contributed by atoms with Crippen molar-refractivity contribution >= 4 is 11.8 Å². The summed E-state index contributed by atoms with van der Waals surface area (Å²) >= 11 is 1.46. The summed E-state index contributed by atoms with van der Waals surface area (Å²) in [5.74, 6) is 1.67. The highest BCUT2D eigenvalue weighted by molar-refractivity contribution is 7.99. The van der Waals surface area contributed by atoms with E-state index in [0.29, 0.717) is 11.7 Å². The zero-order valence-corrected chi connectivity index (χ0v) is 12.7. The van der Waals surface area contributed by atoms with Crippen molar-refractivity contribution in [3.8, 4) is 0 Å². The second-order valence-corrected chi connectivity index (χ2v) is 5.72. The summed E-state index contributed by atoms with van der Waals surface area (Å²) in [5.41, 5.74) is 6.00. The van der Waals surface area contributed by atoms with E-state index in [0.717, 1.165) is 17.9 Å². The number of H-pyrrole nitrogens is 1. The second kappa shape index (κ2) is 6.32. The van der Waals surface area contributed by atoms with Crippen molar-refractivity contribution in [1.82, 2.24) is 14.8 Å². The number of hydrogen-bond acceptors (Lipinski definition) is 5. The Morgan fingerprint density at radius 1 is 1.50 bits per heavy atom. The molecule has 7 heteroatoms. The summed E-state index contributed by atoms with van der Waals surface area (Å²) in [6, 6.07) is 3.79. The normalized spacial score (nSPS) is 14.4. The molecular weight excluding hydrogens is 276 g/mol. The number of aromatic amines is 1. The molecule has 20 heavy (non-hydrogen) atoms. The molecule has 0 amide bonds. The zero-order chi connectivity index (χ0) is 14.7. The van der Waals surface area contributed by atoms with Crippen molar-refractivity contribution in [3.05, 3.63) is 34.1 Å². The minimum atomic E-state index is -0.200. The molecular formula is C13H20N4O2S. The number of nitrogens with zero attached hydrogens (tertiary/aromatic N) is 2. The monoisotopic (exact) mass is 296 g/mol. The van der Waals surface area contributed by atoms with Crippen molar-refractivity contribution < 1.29 is 4.42 Å². The number of aromatic nitrogens is 3. The van der Waals surface area contributed by atoms with Crippen LogP contribution in [0.3, 0.4) is 0 Å². The van der Waals surface area contributed by atoms with Gasteiger partial charge in [0.15, 0.2) is 5.16 Å². The van der Waals surface area contributed by atoms with E-state index in [4.69, 9.17) is 10.2 Å². The van der Waals surface area contributed by atoms with E-state index in [1.54, 1.807) is 4.57 Å². The Morgan fingerprint density at radius 2 is 2.25 bits per heavy atom. The molecule has 0 fully saturated rings. The first-order valence-corrected chi connectivity index (χ1v) is 7.58. The molecule has 0 aliphatic heterocycles. The molecule has 6 nitrogen and oxygen atoms in total. The molecule has 0 saturated heterocycles. The topological polar surface area (TPSA) is 89.8 Å². The van der Waals surface area contributed by atoms with Gasteiger partial charge in [-0.25, -0.2) is 9.89 Å². The van der Waals surface area contributed by atoms with Gasteiger partial charge < -0.3 is 10.2 Å². The van der Waals surface area contributed by atoms with Crippen LogP contribution in [0.5, 0.6) is 0 Å². The van der Waals surface area contributed by atoms with Crippen LogP contribution >= 0.6 is 11.8 Å². The molecule has 2 aromatic rings. The molecule has 0 saturated carbocycles. The summed E-state index contributed by atoms with van der Waals surface area (Å²) in [6.45, 7) is 6.42. The molecule has 0 aromatic carbocycles. The fourth-order valence-electron chi connectivity index (χ4n) is 1.96. The molecule has 0 aliphatic rings. The summed E-state index contributed by atoms with van der Waals surface area (Å²) in [4.78, 5) is 11.6.